The molecule has 1 aromatic carbocycles. The van der Waals surface area contributed by atoms with Crippen LogP contribution < -0.4 is 0 Å². The molecule has 15 heavy (non-hydrogen) atoms. The molecule has 0 aromatic heterocycles. The third-order valence-electron chi connectivity index (χ3n) is 2.21. The smallest absolute Gasteiger partial charge is 0.164 e. The van der Waals surface area contributed by atoms with Crippen molar-refractivity contribution in [2.24, 2.45) is 0 Å². The molecule has 1 N–H and O–H groups in total. The van der Waals surface area contributed by atoms with Crippen molar-refractivity contribution in [3.63, 3.8) is 0 Å². The van der Waals surface area contributed by atoms with Gasteiger partial charge in [-0.1, -0.05) is 19.8 Å². The minimum Gasteiger partial charge on any atom is -0.388 e. The van der Waals surface area contributed by atoms with E-state index in [-0.39, 0.29) is 5.56 Å². The van der Waals surface area contributed by atoms with Crippen LogP contribution in [-0.4, -0.2) is 5.11 Å². The summed E-state index contributed by atoms with van der Waals surface area (Å²) in [6.07, 6.45) is 0.668. The van der Waals surface area contributed by atoms with E-state index in [2.05, 4.69) is 0 Å². The van der Waals surface area contributed by atoms with Gasteiger partial charge in [-0.05, 0) is 12.5 Å². The van der Waals surface area contributed by atoms with Gasteiger partial charge in [-0.25, -0.2) is 13.2 Å². The standard InChI is InChI=1S/C11H13F3O/c1-2-3-4-10(15)8-5-7(12)6-9(13)11(8)14/h5-6,10,15H,2-4H2,1H3. The van der Waals surface area contributed by atoms with E-state index in [9.17, 15) is 18.3 Å². The lowest BCUT2D eigenvalue weighted by atomic mass is 10.0. The predicted octanol–water partition coefficient (Wildman–Crippen LogP) is 3.33. The van der Waals surface area contributed by atoms with Gasteiger partial charge in [-0.15, -0.1) is 0 Å². The van der Waals surface area contributed by atoms with E-state index in [0.29, 0.717) is 18.9 Å². The van der Waals surface area contributed by atoms with Crippen LogP contribution in [-0.2, 0) is 0 Å². The molecule has 0 radical (unpaired) electrons. The molecule has 0 fully saturated rings. The Hall–Kier alpha value is -1.03. The van der Waals surface area contributed by atoms with E-state index in [1.165, 1.54) is 0 Å². The van der Waals surface area contributed by atoms with Crippen molar-refractivity contribution in [3.05, 3.63) is 35.1 Å². The maximum absolute atomic E-state index is 13.2. The van der Waals surface area contributed by atoms with Crippen LogP contribution in [0.3, 0.4) is 0 Å². The van der Waals surface area contributed by atoms with E-state index in [1.54, 1.807) is 0 Å². The summed E-state index contributed by atoms with van der Waals surface area (Å²) in [5, 5.41) is 9.51. The van der Waals surface area contributed by atoms with Crippen molar-refractivity contribution in [1.82, 2.24) is 0 Å². The van der Waals surface area contributed by atoms with Crippen LogP contribution in [0.1, 0.15) is 37.9 Å². The van der Waals surface area contributed by atoms with Gasteiger partial charge in [0.15, 0.2) is 11.6 Å². The molecule has 0 aliphatic carbocycles. The zero-order valence-electron chi connectivity index (χ0n) is 8.43. The highest BCUT2D eigenvalue weighted by molar-refractivity contribution is 5.22. The first-order valence-corrected chi connectivity index (χ1v) is 4.88. The van der Waals surface area contributed by atoms with Gasteiger partial charge in [0.25, 0.3) is 0 Å². The molecule has 1 rings (SSSR count). The fourth-order valence-electron chi connectivity index (χ4n) is 1.37. The highest BCUT2D eigenvalue weighted by Gasteiger charge is 2.17. The van der Waals surface area contributed by atoms with Gasteiger partial charge >= 0.3 is 0 Å². The fraction of sp³-hybridized carbons (Fsp3) is 0.455. The van der Waals surface area contributed by atoms with Gasteiger partial charge in [-0.2, -0.15) is 0 Å². The number of aliphatic hydroxyl groups is 1. The summed E-state index contributed by atoms with van der Waals surface area (Å²) in [5.74, 6) is -3.31. The zero-order valence-corrected chi connectivity index (χ0v) is 8.43. The van der Waals surface area contributed by atoms with Crippen molar-refractivity contribution in [2.45, 2.75) is 32.3 Å². The monoisotopic (exact) mass is 218 g/mol. The molecular weight excluding hydrogens is 205 g/mol. The van der Waals surface area contributed by atoms with E-state index in [0.717, 1.165) is 12.5 Å². The van der Waals surface area contributed by atoms with Crippen molar-refractivity contribution < 1.29 is 18.3 Å². The minimum absolute atomic E-state index is 0.302. The number of rotatable bonds is 4. The fourth-order valence-corrected chi connectivity index (χ4v) is 1.37. The number of hydrogen-bond donors (Lipinski definition) is 1. The molecule has 0 aliphatic rings. The number of halogens is 3. The Morgan fingerprint density at radius 3 is 2.53 bits per heavy atom. The van der Waals surface area contributed by atoms with Crippen molar-refractivity contribution in [1.29, 1.82) is 0 Å². The minimum atomic E-state index is -1.26. The van der Waals surface area contributed by atoms with E-state index in [4.69, 9.17) is 0 Å². The second-order valence-corrected chi connectivity index (χ2v) is 3.45. The van der Waals surface area contributed by atoms with Gasteiger partial charge in [0.2, 0.25) is 0 Å². The average molecular weight is 218 g/mol. The molecule has 0 amide bonds. The molecule has 4 heteroatoms. The lowest BCUT2D eigenvalue weighted by Crippen LogP contribution is -2.03. The molecule has 0 saturated heterocycles. The van der Waals surface area contributed by atoms with Crippen LogP contribution in [0.2, 0.25) is 0 Å². The normalized spacial score (nSPS) is 12.9. The molecule has 0 saturated carbocycles. The lowest BCUT2D eigenvalue weighted by molar-refractivity contribution is 0.158. The number of unbranched alkanes of at least 4 members (excludes halogenated alkanes) is 1. The predicted molar refractivity (Wildman–Crippen MR) is 50.8 cm³/mol. The number of aliphatic hydroxyl groups excluding tert-OH is 1. The topological polar surface area (TPSA) is 20.2 Å². The van der Waals surface area contributed by atoms with Gasteiger partial charge in [0.1, 0.15) is 5.82 Å². The van der Waals surface area contributed by atoms with Gasteiger partial charge in [0, 0.05) is 11.6 Å². The Kier molecular flexibility index (Phi) is 4.15. The van der Waals surface area contributed by atoms with Crippen molar-refractivity contribution in [2.75, 3.05) is 0 Å². The second kappa shape index (κ2) is 5.16. The first kappa shape index (κ1) is 12.0. The Bertz CT molecular complexity index is 339. The van der Waals surface area contributed by atoms with E-state index in [1.807, 2.05) is 6.92 Å². The first-order chi connectivity index (χ1) is 7.06. The van der Waals surface area contributed by atoms with Crippen molar-refractivity contribution >= 4 is 0 Å². The summed E-state index contributed by atoms with van der Waals surface area (Å²) in [4.78, 5) is 0. The quantitative estimate of drug-likeness (QED) is 0.768. The van der Waals surface area contributed by atoms with Crippen LogP contribution in [0.15, 0.2) is 12.1 Å². The highest BCUT2D eigenvalue weighted by Crippen LogP contribution is 2.24. The SMILES string of the molecule is CCCCC(O)c1cc(F)cc(F)c1F. The van der Waals surface area contributed by atoms with Crippen LogP contribution >= 0.6 is 0 Å². The Labute approximate surface area is 86.5 Å². The number of benzene rings is 1. The summed E-state index contributed by atoms with van der Waals surface area (Å²) in [6.45, 7) is 1.91. The summed E-state index contributed by atoms with van der Waals surface area (Å²) in [7, 11) is 0. The van der Waals surface area contributed by atoms with E-state index < -0.39 is 23.6 Å². The van der Waals surface area contributed by atoms with Crippen LogP contribution in [0, 0.1) is 17.5 Å². The summed E-state index contributed by atoms with van der Waals surface area (Å²) < 4.78 is 38.7. The van der Waals surface area contributed by atoms with Gasteiger partial charge in [0.05, 0.1) is 6.10 Å². The summed E-state index contributed by atoms with van der Waals surface area (Å²) in [6, 6.07) is 1.30. The van der Waals surface area contributed by atoms with Crippen LogP contribution in [0.4, 0.5) is 13.2 Å². The largest absolute Gasteiger partial charge is 0.388 e. The van der Waals surface area contributed by atoms with Crippen molar-refractivity contribution in [3.8, 4) is 0 Å². The van der Waals surface area contributed by atoms with Gasteiger partial charge in [-0.3, -0.25) is 0 Å². The molecule has 0 heterocycles. The molecule has 1 atom stereocenters. The lowest BCUT2D eigenvalue weighted by Gasteiger charge is -2.11. The zero-order chi connectivity index (χ0) is 11.4. The Morgan fingerprint density at radius 2 is 1.93 bits per heavy atom. The molecule has 1 nitrogen and oxygen atoms in total. The molecular formula is C11H13F3O. The van der Waals surface area contributed by atoms with Crippen LogP contribution in [0.5, 0.6) is 0 Å². The number of hydrogen-bond acceptors (Lipinski definition) is 1. The molecule has 0 bridgehead atoms. The maximum Gasteiger partial charge on any atom is 0.164 e. The third kappa shape index (κ3) is 2.96. The molecule has 1 aromatic rings. The van der Waals surface area contributed by atoms with E-state index >= 15 is 0 Å². The molecule has 1 unspecified atom stereocenters. The third-order valence-corrected chi connectivity index (χ3v) is 2.21. The average Bonchev–Trinajstić information content (AvgIpc) is 2.19. The Morgan fingerprint density at radius 1 is 1.27 bits per heavy atom. The Balaban J connectivity index is 2.92. The summed E-state index contributed by atoms with van der Waals surface area (Å²) >= 11 is 0. The van der Waals surface area contributed by atoms with Crippen LogP contribution in [0.25, 0.3) is 0 Å². The summed E-state index contributed by atoms with van der Waals surface area (Å²) in [5.41, 5.74) is -0.305. The molecule has 0 aliphatic heterocycles. The highest BCUT2D eigenvalue weighted by atomic mass is 19.2. The first-order valence-electron chi connectivity index (χ1n) is 4.88. The second-order valence-electron chi connectivity index (χ2n) is 3.45. The molecule has 84 valence electrons. The van der Waals surface area contributed by atoms with Gasteiger partial charge < -0.3 is 5.11 Å². The molecule has 0 spiro atoms. The maximum atomic E-state index is 13.2.